The average Bonchev–Trinajstić information content (AvgIpc) is 0. The van der Waals surface area contributed by atoms with E-state index in [0.717, 1.165) is 0 Å². The van der Waals surface area contributed by atoms with E-state index in [9.17, 15) is 0 Å². The molecule has 0 saturated heterocycles. The number of hydrogen-bond acceptors (Lipinski definition) is 0. The molecular weight excluding hydrogens is 270 g/mol. The topological polar surface area (TPSA) is 0 Å². The van der Waals surface area contributed by atoms with Gasteiger partial charge >= 0.3 is 0 Å². The van der Waals surface area contributed by atoms with E-state index in [1.54, 1.807) is 0 Å². The van der Waals surface area contributed by atoms with E-state index in [2.05, 4.69) is 0 Å². The molecule has 0 aliphatic carbocycles. The standard InChI is InChI=1S/Al.B.H4Si.Ti.Zn.Zr.3H/h;;1H4;;;;;;. The van der Waals surface area contributed by atoms with E-state index in [0.29, 0.717) is 0 Å². The predicted octanol–water partition coefficient (Wildman–Crippen LogP) is -3.02. The van der Waals surface area contributed by atoms with Crippen molar-refractivity contribution in [1.82, 2.24) is 0 Å². The second kappa shape index (κ2) is 43.2. The molecule has 0 bridgehead atoms. The summed E-state index contributed by atoms with van der Waals surface area (Å²) in [5, 5.41) is 0. The first-order valence-electron chi connectivity index (χ1n) is 0. The van der Waals surface area contributed by atoms with Crippen molar-refractivity contribution < 1.29 is 67.4 Å². The van der Waals surface area contributed by atoms with Crippen LogP contribution in [0.25, 0.3) is 0 Å². The van der Waals surface area contributed by atoms with Crippen LogP contribution in [0, 0.1) is 0 Å². The summed E-state index contributed by atoms with van der Waals surface area (Å²) in [4.78, 5) is 0. The largest absolute Gasteiger partial charge is 0.187 e. The normalized spacial score (nSPS) is 0. The molecule has 6 heteroatoms. The van der Waals surface area contributed by atoms with Crippen LogP contribution in [0.5, 0.6) is 0 Å². The molecule has 27 valence electrons. The quantitative estimate of drug-likeness (QED) is 0.414. The van der Waals surface area contributed by atoms with Gasteiger partial charge in [0.25, 0.3) is 0 Å². The second-order valence-electron chi connectivity index (χ2n) is 0. The molecule has 0 aromatic heterocycles. The molecule has 3 radical (unpaired) electrons. The molecule has 0 aliphatic heterocycles. The maximum atomic E-state index is 0. The zero-order chi connectivity index (χ0) is 0. The maximum absolute atomic E-state index is 0. The molecule has 0 rings (SSSR count). The first-order valence-corrected chi connectivity index (χ1v) is 0. The van der Waals surface area contributed by atoms with Crippen LogP contribution in [0.4, 0.5) is 0 Å². The minimum atomic E-state index is 0. The summed E-state index contributed by atoms with van der Waals surface area (Å²) >= 11 is 0. The Morgan fingerprint density at radius 2 is 1.00 bits per heavy atom. The Kier molecular flexibility index (Phi) is 456. The third kappa shape index (κ3) is 27.8. The monoisotopic (exact) mass is 275 g/mol. The van der Waals surface area contributed by atoms with Gasteiger partial charge in [-0.2, -0.15) is 0 Å². The van der Waals surface area contributed by atoms with Crippen molar-refractivity contribution in [2.45, 2.75) is 0 Å². The van der Waals surface area contributed by atoms with Crippen molar-refractivity contribution in [3.05, 3.63) is 0 Å². The fourth-order valence-electron chi connectivity index (χ4n) is 0. The Bertz CT molecular complexity index is 15.5. The van der Waals surface area contributed by atoms with E-state index in [-0.39, 0.29) is 104 Å². The molecule has 0 N–H and O–H groups in total. The number of rotatable bonds is 0. The molecule has 0 saturated carbocycles. The van der Waals surface area contributed by atoms with Crippen LogP contribution >= 0.6 is 0 Å². The Hall–Kier alpha value is 3.04. The fraction of sp³-hybridized carbons (Fsp3) is 0. The van der Waals surface area contributed by atoms with Gasteiger partial charge in [-0.05, 0) is 11.0 Å². The predicted molar refractivity (Wildman–Crippen MR) is 27.0 cm³/mol. The molecule has 0 aromatic rings. The van der Waals surface area contributed by atoms with Crippen LogP contribution in [0.2, 0.25) is 0 Å². The van der Waals surface area contributed by atoms with Crippen LogP contribution < -0.4 is 0 Å². The van der Waals surface area contributed by atoms with Crippen molar-refractivity contribution in [2.75, 3.05) is 0 Å². The average molecular weight is 277 g/mol. The van der Waals surface area contributed by atoms with Crippen LogP contribution in [-0.2, 0) is 67.4 Å². The Labute approximate surface area is 102 Å². The molecule has 0 fully saturated rings. The van der Waals surface area contributed by atoms with E-state index in [1.807, 2.05) is 0 Å². The molecule has 0 unspecified atom stereocenters. The number of hydrogen-bond donors (Lipinski definition) is 0. The summed E-state index contributed by atoms with van der Waals surface area (Å²) in [6, 6.07) is 0. The second-order valence-corrected chi connectivity index (χ2v) is 0. The van der Waals surface area contributed by atoms with Crippen molar-refractivity contribution in [2.24, 2.45) is 0 Å². The Morgan fingerprint density at radius 3 is 1.00 bits per heavy atom. The summed E-state index contributed by atoms with van der Waals surface area (Å²) in [6.45, 7) is 0. The van der Waals surface area contributed by atoms with E-state index >= 15 is 0 Å². The molecule has 0 atom stereocenters. The zero-order valence-electron chi connectivity index (χ0n) is 2.28. The van der Waals surface area contributed by atoms with Gasteiger partial charge in [-0.15, -0.1) is 0 Å². The van der Waals surface area contributed by atoms with Gasteiger partial charge < -0.3 is 0 Å². The van der Waals surface area contributed by atoms with E-state index < -0.39 is 0 Å². The molecular formula is H7AlBSiTiZnZr. The van der Waals surface area contributed by atoms with Gasteiger partial charge in [0, 0.05) is 75.8 Å². The van der Waals surface area contributed by atoms with Gasteiger partial charge in [0.05, 0.1) is 0 Å². The van der Waals surface area contributed by atoms with Gasteiger partial charge in [-0.3, -0.25) is 0 Å². The molecule has 0 nitrogen and oxygen atoms in total. The molecule has 0 spiro atoms. The summed E-state index contributed by atoms with van der Waals surface area (Å²) < 4.78 is 0. The first kappa shape index (κ1) is 63.3. The van der Waals surface area contributed by atoms with Gasteiger partial charge in [0.2, 0.25) is 0 Å². The van der Waals surface area contributed by atoms with Gasteiger partial charge in [-0.25, -0.2) is 0 Å². The van der Waals surface area contributed by atoms with E-state index in [1.165, 1.54) is 0 Å². The smallest absolute Gasteiger partial charge is 0.0149 e. The SMILES string of the molecule is [AlH3].[B].[SiH4].[Ti].[Zn].[Zr]. The third-order valence-corrected chi connectivity index (χ3v) is 0. The van der Waals surface area contributed by atoms with Crippen LogP contribution in [0.1, 0.15) is 0 Å². The Balaban J connectivity index is 0. The van der Waals surface area contributed by atoms with Gasteiger partial charge in [-0.1, -0.05) is 0 Å². The third-order valence-electron chi connectivity index (χ3n) is 0. The minimum Gasteiger partial charge on any atom is -0.0149 e. The summed E-state index contributed by atoms with van der Waals surface area (Å²) in [5.74, 6) is 0. The van der Waals surface area contributed by atoms with Crippen LogP contribution in [0.3, 0.4) is 0 Å². The summed E-state index contributed by atoms with van der Waals surface area (Å²) in [6.07, 6.45) is 0. The summed E-state index contributed by atoms with van der Waals surface area (Å²) in [5.41, 5.74) is 0. The maximum Gasteiger partial charge on any atom is 0.187 e. The zero-order valence-corrected chi connectivity index (χ0v) is 9.27. The van der Waals surface area contributed by atoms with E-state index in [4.69, 9.17) is 0 Å². The molecule has 0 heterocycles. The van der Waals surface area contributed by atoms with Gasteiger partial charge in [0.1, 0.15) is 0 Å². The summed E-state index contributed by atoms with van der Waals surface area (Å²) in [7, 11) is 0. The minimum absolute atomic E-state index is 0. The molecule has 0 aromatic carbocycles. The molecule has 0 aliphatic rings. The molecule has 0 amide bonds. The van der Waals surface area contributed by atoms with Crippen LogP contribution in [0.15, 0.2) is 0 Å². The van der Waals surface area contributed by atoms with Crippen molar-refractivity contribution in [1.29, 1.82) is 0 Å². The fourth-order valence-corrected chi connectivity index (χ4v) is 0. The van der Waals surface area contributed by atoms with Crippen LogP contribution in [-0.4, -0.2) is 36.7 Å². The van der Waals surface area contributed by atoms with Crippen molar-refractivity contribution >= 4 is 36.7 Å². The first-order chi connectivity index (χ1) is 0. The van der Waals surface area contributed by atoms with Gasteiger partial charge in [0.15, 0.2) is 17.4 Å². The molecule has 6 heavy (non-hydrogen) atoms. The van der Waals surface area contributed by atoms with Crippen molar-refractivity contribution in [3.63, 3.8) is 0 Å². The van der Waals surface area contributed by atoms with Crippen molar-refractivity contribution in [3.8, 4) is 0 Å². The Morgan fingerprint density at radius 1 is 1.00 bits per heavy atom.